The normalized spacial score (nSPS) is 29.5. The van der Waals surface area contributed by atoms with E-state index in [1.54, 1.807) is 17.8 Å². The van der Waals surface area contributed by atoms with Crippen molar-refractivity contribution in [2.45, 2.75) is 24.9 Å². The summed E-state index contributed by atoms with van der Waals surface area (Å²) in [6.07, 6.45) is 2.72. The van der Waals surface area contributed by atoms with Gasteiger partial charge in [-0.1, -0.05) is 36.4 Å². The molecule has 2 aromatic rings. The van der Waals surface area contributed by atoms with Gasteiger partial charge in [0.15, 0.2) is 0 Å². The number of nitrogens with one attached hydrogen (secondary N) is 2. The number of thioether (sulfide) groups is 1. The Kier molecular flexibility index (Phi) is 4.48. The molecule has 0 aromatic heterocycles. The molecular weight excluding hydrogens is 398 g/mol. The highest BCUT2D eigenvalue weighted by Gasteiger charge is 2.70. The number of carbonyl (C=O) groups excluding carboxylic acids is 3. The number of imide groups is 1. The third-order valence-electron chi connectivity index (χ3n) is 6.61. The minimum Gasteiger partial charge on any atom is -0.324 e. The molecule has 0 aliphatic carbocycles. The number of rotatable bonds is 4. The zero-order valence-corrected chi connectivity index (χ0v) is 17.7. The number of hydrogen-bond donors (Lipinski definition) is 2. The summed E-state index contributed by atoms with van der Waals surface area (Å²) in [5.41, 5.74) is 1.71. The van der Waals surface area contributed by atoms with Gasteiger partial charge < -0.3 is 5.32 Å². The summed E-state index contributed by atoms with van der Waals surface area (Å²) >= 11 is 1.69. The van der Waals surface area contributed by atoms with Gasteiger partial charge in [-0.3, -0.25) is 19.7 Å². The summed E-state index contributed by atoms with van der Waals surface area (Å²) in [6.45, 7) is 1.89. The standard InChI is InChI=1S/C23H23N3O3S/c1-13-7-3-6-10-17(13)26-20(27)18-16(11-12-30-2)25-23(19(18)21(26)28)14-8-4-5-9-15(14)24-22(23)29/h3-10,16,18-19,25H,11-12H2,1-2H3,(H,24,29). The van der Waals surface area contributed by atoms with Crippen LogP contribution in [0.4, 0.5) is 11.4 Å². The molecule has 4 unspecified atom stereocenters. The number of para-hydroxylation sites is 2. The molecule has 2 saturated heterocycles. The fourth-order valence-electron chi connectivity index (χ4n) is 5.30. The number of nitrogens with zero attached hydrogens (tertiary/aromatic N) is 1. The summed E-state index contributed by atoms with van der Waals surface area (Å²) in [6, 6.07) is 14.6. The van der Waals surface area contributed by atoms with E-state index < -0.39 is 17.4 Å². The second-order valence-electron chi connectivity index (χ2n) is 8.14. The first kappa shape index (κ1) is 19.3. The van der Waals surface area contributed by atoms with Crippen molar-refractivity contribution in [3.63, 3.8) is 0 Å². The molecule has 154 valence electrons. The van der Waals surface area contributed by atoms with Crippen LogP contribution in [0.1, 0.15) is 17.5 Å². The average Bonchev–Trinajstić information content (AvgIpc) is 3.32. The lowest BCUT2D eigenvalue weighted by molar-refractivity contribution is -0.130. The Morgan fingerprint density at radius 3 is 2.53 bits per heavy atom. The summed E-state index contributed by atoms with van der Waals surface area (Å²) in [5.74, 6) is -1.26. The highest BCUT2D eigenvalue weighted by molar-refractivity contribution is 7.98. The van der Waals surface area contributed by atoms with Gasteiger partial charge in [0.1, 0.15) is 5.54 Å². The lowest BCUT2D eigenvalue weighted by atomic mass is 9.76. The number of carbonyl (C=O) groups is 3. The Morgan fingerprint density at radius 1 is 1.03 bits per heavy atom. The van der Waals surface area contributed by atoms with Crippen LogP contribution in [0.25, 0.3) is 0 Å². The highest BCUT2D eigenvalue weighted by Crippen LogP contribution is 2.54. The molecule has 4 atom stereocenters. The predicted octanol–water partition coefficient (Wildman–Crippen LogP) is 2.67. The van der Waals surface area contributed by atoms with E-state index in [0.717, 1.165) is 16.9 Å². The van der Waals surface area contributed by atoms with Gasteiger partial charge in [-0.15, -0.1) is 0 Å². The maximum Gasteiger partial charge on any atom is 0.250 e. The highest BCUT2D eigenvalue weighted by atomic mass is 32.2. The molecule has 0 saturated carbocycles. The Balaban J connectivity index is 1.66. The molecule has 7 heteroatoms. The van der Waals surface area contributed by atoms with Crippen LogP contribution in [0.15, 0.2) is 48.5 Å². The van der Waals surface area contributed by atoms with Crippen LogP contribution in [0.2, 0.25) is 0 Å². The van der Waals surface area contributed by atoms with Crippen LogP contribution in [-0.2, 0) is 19.9 Å². The molecule has 3 aliphatic rings. The van der Waals surface area contributed by atoms with Gasteiger partial charge in [-0.05, 0) is 43.0 Å². The first-order valence-corrected chi connectivity index (χ1v) is 11.5. The Hall–Kier alpha value is -2.64. The molecule has 6 nitrogen and oxygen atoms in total. The van der Waals surface area contributed by atoms with Gasteiger partial charge in [0, 0.05) is 17.3 Å². The molecular formula is C23H23N3O3S. The Bertz CT molecular complexity index is 1070. The van der Waals surface area contributed by atoms with E-state index in [-0.39, 0.29) is 23.8 Å². The predicted molar refractivity (Wildman–Crippen MR) is 117 cm³/mol. The molecule has 2 fully saturated rings. The van der Waals surface area contributed by atoms with E-state index in [2.05, 4.69) is 10.6 Å². The molecule has 2 N–H and O–H groups in total. The minimum absolute atomic E-state index is 0.216. The number of hydrogen-bond acceptors (Lipinski definition) is 5. The van der Waals surface area contributed by atoms with Crippen molar-refractivity contribution in [2.24, 2.45) is 11.8 Å². The van der Waals surface area contributed by atoms with E-state index in [4.69, 9.17) is 0 Å². The number of amides is 3. The number of benzene rings is 2. The van der Waals surface area contributed by atoms with Crippen molar-refractivity contribution in [3.05, 3.63) is 59.7 Å². The summed E-state index contributed by atoms with van der Waals surface area (Å²) in [7, 11) is 0. The third kappa shape index (κ3) is 2.45. The van der Waals surface area contributed by atoms with Crippen molar-refractivity contribution in [3.8, 4) is 0 Å². The SMILES string of the molecule is CSCCC1NC2(C(=O)Nc3ccccc32)C2C(=O)N(c3ccccc3C)C(=O)C12. The molecule has 1 spiro atoms. The second-order valence-corrected chi connectivity index (χ2v) is 9.13. The first-order valence-electron chi connectivity index (χ1n) is 10.1. The van der Waals surface area contributed by atoms with Crippen LogP contribution >= 0.6 is 11.8 Å². The maximum absolute atomic E-state index is 13.8. The molecule has 0 bridgehead atoms. The van der Waals surface area contributed by atoms with E-state index in [0.29, 0.717) is 17.8 Å². The van der Waals surface area contributed by atoms with Crippen LogP contribution in [0.5, 0.6) is 0 Å². The fraction of sp³-hybridized carbons (Fsp3) is 0.348. The quantitative estimate of drug-likeness (QED) is 0.742. The van der Waals surface area contributed by atoms with Crippen molar-refractivity contribution < 1.29 is 14.4 Å². The zero-order chi connectivity index (χ0) is 21.0. The molecule has 30 heavy (non-hydrogen) atoms. The van der Waals surface area contributed by atoms with Crippen LogP contribution in [0, 0.1) is 18.8 Å². The first-order chi connectivity index (χ1) is 14.5. The van der Waals surface area contributed by atoms with Crippen molar-refractivity contribution >= 4 is 40.9 Å². The summed E-state index contributed by atoms with van der Waals surface area (Å²) in [4.78, 5) is 42.0. The fourth-order valence-corrected chi connectivity index (χ4v) is 5.79. The lowest BCUT2D eigenvalue weighted by Crippen LogP contribution is -2.53. The van der Waals surface area contributed by atoms with Gasteiger partial charge in [0.2, 0.25) is 17.7 Å². The van der Waals surface area contributed by atoms with Gasteiger partial charge in [0.25, 0.3) is 0 Å². The molecule has 3 amide bonds. The van der Waals surface area contributed by atoms with Crippen molar-refractivity contribution in [1.82, 2.24) is 5.32 Å². The molecule has 3 heterocycles. The van der Waals surface area contributed by atoms with Gasteiger partial charge >= 0.3 is 0 Å². The minimum atomic E-state index is -1.21. The molecule has 5 rings (SSSR count). The smallest absolute Gasteiger partial charge is 0.250 e. The van der Waals surface area contributed by atoms with Crippen molar-refractivity contribution in [2.75, 3.05) is 22.2 Å². The van der Waals surface area contributed by atoms with E-state index in [1.807, 2.05) is 55.6 Å². The van der Waals surface area contributed by atoms with Crippen LogP contribution in [-0.4, -0.2) is 35.8 Å². The van der Waals surface area contributed by atoms with Crippen LogP contribution < -0.4 is 15.5 Å². The molecule has 0 radical (unpaired) electrons. The second kappa shape index (κ2) is 6.96. The van der Waals surface area contributed by atoms with Gasteiger partial charge in [-0.25, -0.2) is 4.90 Å². The van der Waals surface area contributed by atoms with Gasteiger partial charge in [-0.2, -0.15) is 11.8 Å². The van der Waals surface area contributed by atoms with E-state index >= 15 is 0 Å². The van der Waals surface area contributed by atoms with E-state index in [9.17, 15) is 14.4 Å². The third-order valence-corrected chi connectivity index (χ3v) is 7.26. The zero-order valence-electron chi connectivity index (χ0n) is 16.8. The largest absolute Gasteiger partial charge is 0.324 e. The Morgan fingerprint density at radius 2 is 1.77 bits per heavy atom. The number of aryl methyl sites for hydroxylation is 1. The topological polar surface area (TPSA) is 78.5 Å². The van der Waals surface area contributed by atoms with Crippen LogP contribution in [0.3, 0.4) is 0 Å². The maximum atomic E-state index is 13.8. The van der Waals surface area contributed by atoms with Crippen molar-refractivity contribution in [1.29, 1.82) is 0 Å². The summed E-state index contributed by atoms with van der Waals surface area (Å²) < 4.78 is 0. The average molecular weight is 422 g/mol. The lowest BCUT2D eigenvalue weighted by Gasteiger charge is -2.29. The molecule has 2 aromatic carbocycles. The monoisotopic (exact) mass is 421 g/mol. The van der Waals surface area contributed by atoms with Gasteiger partial charge in [0.05, 0.1) is 17.5 Å². The van der Waals surface area contributed by atoms with E-state index in [1.165, 1.54) is 4.90 Å². The number of fused-ring (bicyclic) bond motifs is 4. The summed E-state index contributed by atoms with van der Waals surface area (Å²) in [5, 5.41) is 6.40. The Labute approximate surface area is 179 Å². The molecule has 3 aliphatic heterocycles. The number of anilines is 2.